The van der Waals surface area contributed by atoms with Gasteiger partial charge in [-0.1, -0.05) is 0 Å². The molecule has 82 valence electrons. The van der Waals surface area contributed by atoms with E-state index >= 15 is 0 Å². The van der Waals surface area contributed by atoms with Gasteiger partial charge in [-0.3, -0.25) is 0 Å². The number of carboxylic acid groups (broad SMARTS) is 1. The number of carbonyl (C=O) groups is 1. The molecule has 1 heterocycles. The molecule has 14 heavy (non-hydrogen) atoms. The minimum Gasteiger partial charge on any atom is -0.465 e. The standard InChI is InChI=1S/C8H14F2N2O2/c9-8(10)1-4-12(5-2-8)6-3-11-7(13)14/h11H,1-6H2,(H,13,14). The zero-order valence-electron chi connectivity index (χ0n) is 7.80. The third kappa shape index (κ3) is 3.87. The third-order valence-corrected chi connectivity index (χ3v) is 2.29. The van der Waals surface area contributed by atoms with E-state index in [4.69, 9.17) is 5.11 Å². The Morgan fingerprint density at radius 1 is 1.43 bits per heavy atom. The summed E-state index contributed by atoms with van der Waals surface area (Å²) in [6.45, 7) is 1.48. The lowest BCUT2D eigenvalue weighted by molar-refractivity contribution is -0.0547. The summed E-state index contributed by atoms with van der Waals surface area (Å²) in [6.07, 6.45) is -1.33. The van der Waals surface area contributed by atoms with E-state index in [9.17, 15) is 13.6 Å². The highest BCUT2D eigenvalue weighted by atomic mass is 19.3. The number of rotatable bonds is 3. The van der Waals surface area contributed by atoms with Gasteiger partial charge in [0, 0.05) is 39.0 Å². The van der Waals surface area contributed by atoms with Gasteiger partial charge in [-0.15, -0.1) is 0 Å². The second-order valence-corrected chi connectivity index (χ2v) is 3.43. The van der Waals surface area contributed by atoms with Crippen LogP contribution in [0.15, 0.2) is 0 Å². The van der Waals surface area contributed by atoms with Crippen LogP contribution in [0, 0.1) is 0 Å². The van der Waals surface area contributed by atoms with Gasteiger partial charge in [0.15, 0.2) is 0 Å². The van der Waals surface area contributed by atoms with Crippen molar-refractivity contribution in [3.8, 4) is 0 Å². The number of nitrogens with one attached hydrogen (secondary N) is 1. The summed E-state index contributed by atoms with van der Waals surface area (Å²) in [4.78, 5) is 11.9. The van der Waals surface area contributed by atoms with E-state index in [1.807, 2.05) is 4.90 Å². The predicted molar refractivity (Wildman–Crippen MR) is 46.6 cm³/mol. The molecule has 1 saturated heterocycles. The van der Waals surface area contributed by atoms with Gasteiger partial charge in [0.1, 0.15) is 0 Å². The van der Waals surface area contributed by atoms with E-state index in [0.29, 0.717) is 26.2 Å². The highest BCUT2D eigenvalue weighted by molar-refractivity contribution is 5.64. The Labute approximate surface area is 80.9 Å². The maximum Gasteiger partial charge on any atom is 0.404 e. The summed E-state index contributed by atoms with van der Waals surface area (Å²) in [7, 11) is 0. The van der Waals surface area contributed by atoms with Crippen LogP contribution < -0.4 is 5.32 Å². The molecule has 4 nitrogen and oxygen atoms in total. The van der Waals surface area contributed by atoms with E-state index < -0.39 is 12.0 Å². The molecule has 1 amide bonds. The van der Waals surface area contributed by atoms with Crippen LogP contribution in [0.3, 0.4) is 0 Å². The number of likely N-dealkylation sites (tertiary alicyclic amines) is 1. The van der Waals surface area contributed by atoms with Gasteiger partial charge >= 0.3 is 6.09 Å². The van der Waals surface area contributed by atoms with E-state index in [0.717, 1.165) is 0 Å². The molecule has 1 aliphatic rings. The van der Waals surface area contributed by atoms with E-state index in [-0.39, 0.29) is 12.8 Å². The molecule has 0 aromatic rings. The van der Waals surface area contributed by atoms with Crippen LogP contribution in [-0.2, 0) is 0 Å². The molecule has 1 rings (SSSR count). The first-order valence-corrected chi connectivity index (χ1v) is 4.57. The first-order valence-electron chi connectivity index (χ1n) is 4.57. The molecule has 1 fully saturated rings. The second kappa shape index (κ2) is 4.54. The first-order chi connectivity index (χ1) is 6.49. The van der Waals surface area contributed by atoms with E-state index in [2.05, 4.69) is 5.32 Å². The average Bonchev–Trinajstić information content (AvgIpc) is 2.07. The van der Waals surface area contributed by atoms with Gasteiger partial charge in [0.2, 0.25) is 0 Å². The zero-order valence-corrected chi connectivity index (χ0v) is 7.80. The van der Waals surface area contributed by atoms with Crippen molar-refractivity contribution in [2.45, 2.75) is 18.8 Å². The molecule has 0 aliphatic carbocycles. The van der Waals surface area contributed by atoms with Crippen molar-refractivity contribution >= 4 is 6.09 Å². The van der Waals surface area contributed by atoms with E-state index in [1.54, 1.807) is 0 Å². The van der Waals surface area contributed by atoms with Crippen LogP contribution in [-0.4, -0.2) is 48.2 Å². The number of halogens is 2. The maximum atomic E-state index is 12.7. The monoisotopic (exact) mass is 208 g/mol. The molecule has 0 saturated carbocycles. The van der Waals surface area contributed by atoms with Crippen molar-refractivity contribution in [1.82, 2.24) is 10.2 Å². The van der Waals surface area contributed by atoms with Crippen LogP contribution >= 0.6 is 0 Å². The van der Waals surface area contributed by atoms with Crippen molar-refractivity contribution in [1.29, 1.82) is 0 Å². The van der Waals surface area contributed by atoms with Gasteiger partial charge in [-0.2, -0.15) is 0 Å². The van der Waals surface area contributed by atoms with Gasteiger partial charge in [-0.25, -0.2) is 13.6 Å². The third-order valence-electron chi connectivity index (χ3n) is 2.29. The zero-order chi connectivity index (χ0) is 10.6. The van der Waals surface area contributed by atoms with Crippen LogP contribution in [0.2, 0.25) is 0 Å². The Kier molecular flexibility index (Phi) is 3.62. The van der Waals surface area contributed by atoms with Crippen LogP contribution in [0.5, 0.6) is 0 Å². The molecule has 1 aliphatic heterocycles. The predicted octanol–water partition coefficient (Wildman–Crippen LogP) is 0.985. The Balaban J connectivity index is 2.13. The Morgan fingerprint density at radius 3 is 2.50 bits per heavy atom. The molecule has 2 N–H and O–H groups in total. The number of piperidine rings is 1. The molecule has 0 atom stereocenters. The summed E-state index contributed by atoms with van der Waals surface area (Å²) in [5, 5.41) is 10.5. The highest BCUT2D eigenvalue weighted by Crippen LogP contribution is 2.27. The molecule has 0 radical (unpaired) electrons. The number of nitrogens with zero attached hydrogens (tertiary/aromatic N) is 1. The van der Waals surface area contributed by atoms with Crippen molar-refractivity contribution < 1.29 is 18.7 Å². The van der Waals surface area contributed by atoms with Crippen molar-refractivity contribution in [2.24, 2.45) is 0 Å². The van der Waals surface area contributed by atoms with Gasteiger partial charge < -0.3 is 15.3 Å². The molecule has 0 spiro atoms. The quantitative estimate of drug-likeness (QED) is 0.727. The first kappa shape index (κ1) is 11.2. The fraction of sp³-hybridized carbons (Fsp3) is 0.875. The summed E-state index contributed by atoms with van der Waals surface area (Å²) in [6, 6.07) is 0. The Bertz CT molecular complexity index is 202. The normalized spacial score (nSPS) is 21.9. The van der Waals surface area contributed by atoms with Crippen molar-refractivity contribution in [3.05, 3.63) is 0 Å². The number of hydrogen-bond acceptors (Lipinski definition) is 2. The molecule has 0 bridgehead atoms. The molecule has 0 unspecified atom stereocenters. The molecule has 0 aromatic heterocycles. The second-order valence-electron chi connectivity index (χ2n) is 3.43. The molecular formula is C8H14F2N2O2. The van der Waals surface area contributed by atoms with Crippen molar-refractivity contribution in [3.63, 3.8) is 0 Å². The van der Waals surface area contributed by atoms with Gasteiger partial charge in [0.25, 0.3) is 5.92 Å². The summed E-state index contributed by atoms with van der Waals surface area (Å²) >= 11 is 0. The van der Waals surface area contributed by atoms with Crippen LogP contribution in [0.25, 0.3) is 0 Å². The molecule has 6 heteroatoms. The molecular weight excluding hydrogens is 194 g/mol. The molecule has 0 aromatic carbocycles. The highest BCUT2D eigenvalue weighted by Gasteiger charge is 2.33. The van der Waals surface area contributed by atoms with Crippen LogP contribution in [0.4, 0.5) is 13.6 Å². The Hall–Kier alpha value is -0.910. The van der Waals surface area contributed by atoms with Crippen molar-refractivity contribution in [2.75, 3.05) is 26.2 Å². The largest absolute Gasteiger partial charge is 0.465 e. The number of hydrogen-bond donors (Lipinski definition) is 2. The lowest BCUT2D eigenvalue weighted by atomic mass is 10.1. The van der Waals surface area contributed by atoms with Gasteiger partial charge in [0.05, 0.1) is 0 Å². The fourth-order valence-electron chi connectivity index (χ4n) is 1.42. The maximum absolute atomic E-state index is 12.7. The average molecular weight is 208 g/mol. The Morgan fingerprint density at radius 2 is 2.00 bits per heavy atom. The van der Waals surface area contributed by atoms with E-state index in [1.165, 1.54) is 0 Å². The van der Waals surface area contributed by atoms with Gasteiger partial charge in [-0.05, 0) is 0 Å². The topological polar surface area (TPSA) is 52.6 Å². The fourth-order valence-corrected chi connectivity index (χ4v) is 1.42. The lowest BCUT2D eigenvalue weighted by Gasteiger charge is -2.31. The minimum absolute atomic E-state index is 0.125. The minimum atomic E-state index is -2.53. The number of amides is 1. The SMILES string of the molecule is O=C(O)NCCN1CCC(F)(F)CC1. The summed E-state index contributed by atoms with van der Waals surface area (Å²) in [5.41, 5.74) is 0. The summed E-state index contributed by atoms with van der Waals surface area (Å²) in [5.74, 6) is -2.53. The smallest absolute Gasteiger partial charge is 0.404 e. The van der Waals surface area contributed by atoms with Crippen LogP contribution in [0.1, 0.15) is 12.8 Å². The number of alkyl halides is 2. The lowest BCUT2D eigenvalue weighted by Crippen LogP contribution is -2.42. The summed E-state index contributed by atoms with van der Waals surface area (Å²) < 4.78 is 25.4.